The van der Waals surface area contributed by atoms with E-state index in [0.29, 0.717) is 18.7 Å². The summed E-state index contributed by atoms with van der Waals surface area (Å²) in [6.45, 7) is 8.30. The number of halogens is 1. The highest BCUT2D eigenvalue weighted by atomic mass is 19.1. The van der Waals surface area contributed by atoms with Crippen molar-refractivity contribution in [1.29, 1.82) is 0 Å². The second kappa shape index (κ2) is 14.5. The molecule has 0 unspecified atom stereocenters. The van der Waals surface area contributed by atoms with E-state index in [1.807, 2.05) is 30.3 Å². The van der Waals surface area contributed by atoms with Gasteiger partial charge in [-0.2, -0.15) is 0 Å². The summed E-state index contributed by atoms with van der Waals surface area (Å²) in [5.41, 5.74) is 14.6. The smallest absolute Gasteiger partial charge is 0.326 e. The Kier molecular flexibility index (Phi) is 11.1. The zero-order valence-corrected chi connectivity index (χ0v) is 23.5. The topological polar surface area (TPSA) is 159 Å². The molecule has 0 aliphatic heterocycles. The van der Waals surface area contributed by atoms with E-state index in [1.165, 1.54) is 12.1 Å². The van der Waals surface area contributed by atoms with E-state index in [-0.39, 0.29) is 37.1 Å². The van der Waals surface area contributed by atoms with Crippen LogP contribution in [-0.2, 0) is 4.79 Å². The molecule has 0 aliphatic carbocycles. The number of aliphatic carboxylic acids is 1. The van der Waals surface area contributed by atoms with E-state index in [0.717, 1.165) is 27.7 Å². The highest BCUT2D eigenvalue weighted by molar-refractivity contribution is 6.01. The van der Waals surface area contributed by atoms with Gasteiger partial charge in [0.15, 0.2) is 5.96 Å². The molecule has 10 heteroatoms. The summed E-state index contributed by atoms with van der Waals surface area (Å²) >= 11 is 0. The van der Waals surface area contributed by atoms with Crippen LogP contribution in [0.1, 0.15) is 51.3 Å². The zero-order chi connectivity index (χ0) is 30.1. The fourth-order valence-corrected chi connectivity index (χ4v) is 4.92. The van der Waals surface area contributed by atoms with Gasteiger partial charge in [0.25, 0.3) is 0 Å². The minimum atomic E-state index is -1.05. The lowest BCUT2D eigenvalue weighted by Gasteiger charge is -2.20. The number of rotatable bonds is 15. The van der Waals surface area contributed by atoms with Crippen molar-refractivity contribution in [1.82, 2.24) is 9.88 Å². The molecule has 3 atom stereocenters. The Balaban J connectivity index is 1.72. The van der Waals surface area contributed by atoms with E-state index >= 15 is 0 Å². The Morgan fingerprint density at radius 1 is 1.15 bits per heavy atom. The molecule has 1 heterocycles. The van der Waals surface area contributed by atoms with Gasteiger partial charge in [0, 0.05) is 53.3 Å². The first-order valence-electron chi connectivity index (χ1n) is 13.6. The average Bonchev–Trinajstić information content (AvgIpc) is 3.23. The highest BCUT2D eigenvalue weighted by Gasteiger charge is 2.21. The number of carboxylic acid groups (broad SMARTS) is 1. The van der Waals surface area contributed by atoms with Gasteiger partial charge in [-0.15, -0.1) is 0 Å². The normalized spacial score (nSPS) is 13.8. The molecule has 0 spiro atoms. The first-order chi connectivity index (χ1) is 19.5. The molecule has 0 radical (unpaired) electrons. The number of nitrogens with one attached hydrogen (secondary N) is 1. The summed E-state index contributed by atoms with van der Waals surface area (Å²) in [5.74, 6) is -1.42. The summed E-state index contributed by atoms with van der Waals surface area (Å²) < 4.78 is 15.9. The van der Waals surface area contributed by atoms with Crippen LogP contribution in [0.3, 0.4) is 0 Å². The average molecular weight is 566 g/mol. The first kappa shape index (κ1) is 31.4. The molecular formula is C31H40FN5O4. The second-order valence-corrected chi connectivity index (χ2v) is 10.4. The molecule has 8 N–H and O–H groups in total. The van der Waals surface area contributed by atoms with Gasteiger partial charge >= 0.3 is 5.97 Å². The van der Waals surface area contributed by atoms with Crippen molar-refractivity contribution in [2.75, 3.05) is 6.54 Å². The van der Waals surface area contributed by atoms with E-state index in [1.54, 1.807) is 18.2 Å². The van der Waals surface area contributed by atoms with Crippen LogP contribution in [0, 0.1) is 5.82 Å². The first-order valence-corrected chi connectivity index (χ1v) is 13.6. The number of nitrogens with two attached hydrogens (primary N) is 2. The molecule has 0 saturated heterocycles. The summed E-state index contributed by atoms with van der Waals surface area (Å²) in [6, 6.07) is 13.5. The minimum Gasteiger partial charge on any atom is -0.480 e. The molecular weight excluding hydrogens is 525 g/mol. The van der Waals surface area contributed by atoms with Gasteiger partial charge in [-0.25, -0.2) is 9.18 Å². The number of fused-ring (bicyclic) bond motifs is 1. The van der Waals surface area contributed by atoms with E-state index in [9.17, 15) is 24.5 Å². The number of aromatic nitrogens is 1. The minimum absolute atomic E-state index is 0.0210. The molecule has 0 bridgehead atoms. The number of para-hydroxylation sites is 1. The lowest BCUT2D eigenvalue weighted by Crippen LogP contribution is -2.37. The van der Waals surface area contributed by atoms with E-state index in [2.05, 4.69) is 35.3 Å². The highest BCUT2D eigenvalue weighted by Crippen LogP contribution is 2.38. The predicted molar refractivity (Wildman–Crippen MR) is 162 cm³/mol. The van der Waals surface area contributed by atoms with Crippen LogP contribution in [0.25, 0.3) is 28.1 Å². The number of carboxylic acids is 1. The molecule has 41 heavy (non-hydrogen) atoms. The van der Waals surface area contributed by atoms with Crippen molar-refractivity contribution in [3.63, 3.8) is 0 Å². The van der Waals surface area contributed by atoms with Gasteiger partial charge in [0.1, 0.15) is 11.9 Å². The number of aliphatic hydroxyl groups is 2. The maximum Gasteiger partial charge on any atom is 0.326 e. The molecule has 1 aromatic heterocycles. The Bertz CT molecular complexity index is 1390. The van der Waals surface area contributed by atoms with Gasteiger partial charge in [0.05, 0.1) is 12.2 Å². The Morgan fingerprint density at radius 2 is 1.83 bits per heavy atom. The van der Waals surface area contributed by atoms with Crippen molar-refractivity contribution >= 4 is 28.9 Å². The van der Waals surface area contributed by atoms with Crippen LogP contribution in [0.15, 0.2) is 71.9 Å². The van der Waals surface area contributed by atoms with Crippen molar-refractivity contribution in [3.05, 3.63) is 78.4 Å². The molecule has 220 valence electrons. The molecule has 0 aliphatic rings. The summed E-state index contributed by atoms with van der Waals surface area (Å²) in [6.07, 6.45) is 2.33. The van der Waals surface area contributed by atoms with Crippen LogP contribution in [-0.4, -0.2) is 56.6 Å². The largest absolute Gasteiger partial charge is 0.480 e. The van der Waals surface area contributed by atoms with Crippen LogP contribution in [0.4, 0.5) is 4.39 Å². The number of hydrogen-bond donors (Lipinski definition) is 6. The van der Waals surface area contributed by atoms with Gasteiger partial charge in [-0.3, -0.25) is 4.99 Å². The number of benzene rings is 2. The number of nitrogens with zero attached hydrogens (tertiary/aromatic N) is 2. The van der Waals surface area contributed by atoms with E-state index < -0.39 is 24.2 Å². The third-order valence-corrected chi connectivity index (χ3v) is 6.69. The molecule has 0 fully saturated rings. The molecule has 3 aromatic rings. The summed E-state index contributed by atoms with van der Waals surface area (Å²) in [7, 11) is 0. The van der Waals surface area contributed by atoms with Gasteiger partial charge in [0.2, 0.25) is 0 Å². The fourth-order valence-electron chi connectivity index (χ4n) is 4.92. The summed E-state index contributed by atoms with van der Waals surface area (Å²) in [5, 5.41) is 34.7. The summed E-state index contributed by atoms with van der Waals surface area (Å²) in [4.78, 5) is 15.5. The van der Waals surface area contributed by atoms with Crippen molar-refractivity contribution in [2.45, 2.75) is 63.8 Å². The van der Waals surface area contributed by atoms with Crippen LogP contribution >= 0.6 is 0 Å². The SMILES string of the molecule is C=C(C[C@@H](O)C[C@@H](O)/C=C/c1c(-c2ccc(F)cc2)c2ccccc2n1C(C)C)N[C@H](CCCN=C(N)N)C(=O)O. The van der Waals surface area contributed by atoms with Gasteiger partial charge < -0.3 is 36.7 Å². The lowest BCUT2D eigenvalue weighted by molar-refractivity contribution is -0.139. The predicted octanol–water partition coefficient (Wildman–Crippen LogP) is 4.15. The van der Waals surface area contributed by atoms with Gasteiger partial charge in [-0.05, 0) is 56.5 Å². The van der Waals surface area contributed by atoms with Crippen LogP contribution < -0.4 is 16.8 Å². The maximum atomic E-state index is 13.7. The van der Waals surface area contributed by atoms with Gasteiger partial charge in [-0.1, -0.05) is 43.0 Å². The third-order valence-electron chi connectivity index (χ3n) is 6.69. The Morgan fingerprint density at radius 3 is 2.46 bits per heavy atom. The molecule has 9 nitrogen and oxygen atoms in total. The maximum absolute atomic E-state index is 13.7. The lowest BCUT2D eigenvalue weighted by atomic mass is 10.0. The molecule has 2 aromatic carbocycles. The van der Waals surface area contributed by atoms with Crippen molar-refractivity contribution < 1.29 is 24.5 Å². The second-order valence-electron chi connectivity index (χ2n) is 10.4. The monoisotopic (exact) mass is 565 g/mol. The standard InChI is InChI=1S/C31H40FN5O4/c1-19(2)37-27-9-5-4-7-25(27)29(21-10-12-22(32)13-11-21)28(37)15-14-23(38)18-24(39)17-20(3)36-26(30(40)41)8-6-16-35-31(33)34/h4-5,7,9-15,19,23-24,26,36,38-39H,3,6,8,16-18H2,1-2H3,(H,40,41)(H4,33,34,35)/b15-14+/t23-,24+,26+/m0/s1. The van der Waals surface area contributed by atoms with Crippen molar-refractivity contribution in [2.24, 2.45) is 16.5 Å². The van der Waals surface area contributed by atoms with Crippen LogP contribution in [0.2, 0.25) is 0 Å². The zero-order valence-electron chi connectivity index (χ0n) is 23.5. The molecule has 0 saturated carbocycles. The number of hydrogen-bond acceptors (Lipinski definition) is 5. The number of aliphatic hydroxyl groups excluding tert-OH is 2. The quantitative estimate of drug-likeness (QED) is 0.0917. The number of guanidine groups is 1. The van der Waals surface area contributed by atoms with E-state index in [4.69, 9.17) is 11.5 Å². The Hall–Kier alpha value is -4.15. The molecule has 0 amide bonds. The van der Waals surface area contributed by atoms with Crippen molar-refractivity contribution in [3.8, 4) is 11.1 Å². The Labute approximate surface area is 239 Å². The number of carbonyl (C=O) groups is 1. The fraction of sp³-hybridized carbons (Fsp3) is 0.355. The number of aliphatic imine (C=N–C) groups is 1. The molecule has 3 rings (SSSR count). The third kappa shape index (κ3) is 8.67. The van der Waals surface area contributed by atoms with Crippen LogP contribution in [0.5, 0.6) is 0 Å².